The molecule has 0 amide bonds. The molecule has 1 aliphatic rings. The van der Waals surface area contributed by atoms with Crippen molar-refractivity contribution in [2.24, 2.45) is 12.1 Å². The molecule has 4 rings (SSSR count). The number of aryl methyl sites for hydroxylation is 1. The van der Waals surface area contributed by atoms with Crippen molar-refractivity contribution >= 4 is 17.1 Å². The summed E-state index contributed by atoms with van der Waals surface area (Å²) in [6.45, 7) is -2.32. The summed E-state index contributed by atoms with van der Waals surface area (Å²) < 4.78 is 42.9. The molecule has 164 valence electrons. The van der Waals surface area contributed by atoms with Crippen molar-refractivity contribution in [1.29, 1.82) is 0 Å². The van der Waals surface area contributed by atoms with Crippen molar-refractivity contribution in [3.05, 3.63) is 52.8 Å². The molecule has 0 fully saturated rings. The SMILES string of the molecule is COC1OC(Cn2cnc3ncn(C)c3c2=O)=NN1CCc1ccc(OC(F)F)cc1. The Labute approximate surface area is 175 Å². The van der Waals surface area contributed by atoms with Crippen molar-refractivity contribution in [2.75, 3.05) is 13.7 Å². The lowest BCUT2D eigenvalue weighted by Crippen LogP contribution is -2.32. The van der Waals surface area contributed by atoms with Crippen LogP contribution in [0.25, 0.3) is 11.2 Å². The average molecular weight is 434 g/mol. The first-order valence-electron chi connectivity index (χ1n) is 9.38. The van der Waals surface area contributed by atoms with Crippen LogP contribution in [0, 0.1) is 0 Å². The van der Waals surface area contributed by atoms with Crippen molar-refractivity contribution < 1.29 is 23.0 Å². The van der Waals surface area contributed by atoms with Crippen LogP contribution in [0.5, 0.6) is 5.75 Å². The molecule has 3 heterocycles. The first-order valence-corrected chi connectivity index (χ1v) is 9.38. The zero-order valence-corrected chi connectivity index (χ0v) is 16.8. The van der Waals surface area contributed by atoms with Crippen LogP contribution in [-0.2, 0) is 29.5 Å². The van der Waals surface area contributed by atoms with Crippen LogP contribution in [0.3, 0.4) is 0 Å². The summed E-state index contributed by atoms with van der Waals surface area (Å²) in [4.78, 5) is 20.9. The average Bonchev–Trinajstić information content (AvgIpc) is 3.32. The normalized spacial score (nSPS) is 16.1. The van der Waals surface area contributed by atoms with Crippen LogP contribution >= 0.6 is 0 Å². The van der Waals surface area contributed by atoms with Gasteiger partial charge in [0.25, 0.3) is 12.0 Å². The van der Waals surface area contributed by atoms with Crippen molar-refractivity contribution in [1.82, 2.24) is 24.1 Å². The van der Waals surface area contributed by atoms with E-state index in [0.717, 1.165) is 5.56 Å². The summed E-state index contributed by atoms with van der Waals surface area (Å²) in [6, 6.07) is 6.38. The fraction of sp³-hybridized carbons (Fsp3) is 0.368. The Morgan fingerprint density at radius 3 is 2.65 bits per heavy atom. The third kappa shape index (κ3) is 4.48. The molecule has 0 saturated carbocycles. The molecule has 0 N–H and O–H groups in total. The Hall–Kier alpha value is -3.54. The predicted octanol–water partition coefficient (Wildman–Crippen LogP) is 1.55. The van der Waals surface area contributed by atoms with E-state index in [1.807, 2.05) is 0 Å². The molecule has 3 aromatic rings. The summed E-state index contributed by atoms with van der Waals surface area (Å²) in [7, 11) is 3.21. The van der Waals surface area contributed by atoms with E-state index in [2.05, 4.69) is 19.8 Å². The lowest BCUT2D eigenvalue weighted by molar-refractivity contribution is -0.144. The number of ether oxygens (including phenoxy) is 3. The minimum atomic E-state index is -2.86. The summed E-state index contributed by atoms with van der Waals surface area (Å²) in [5.41, 5.74) is 1.41. The van der Waals surface area contributed by atoms with Crippen molar-refractivity contribution in [2.45, 2.75) is 26.0 Å². The number of fused-ring (bicyclic) bond motifs is 1. The number of methoxy groups -OCH3 is 1. The molecular formula is C19H20F2N6O4. The van der Waals surface area contributed by atoms with Gasteiger partial charge < -0.3 is 18.8 Å². The van der Waals surface area contributed by atoms with E-state index in [1.54, 1.807) is 28.8 Å². The zero-order valence-electron chi connectivity index (χ0n) is 16.8. The Bertz CT molecular complexity index is 1140. The highest BCUT2D eigenvalue weighted by molar-refractivity contribution is 5.77. The van der Waals surface area contributed by atoms with Gasteiger partial charge in [0, 0.05) is 20.7 Å². The molecule has 0 saturated heterocycles. The van der Waals surface area contributed by atoms with E-state index in [0.29, 0.717) is 30.0 Å². The maximum absolute atomic E-state index is 12.7. The number of rotatable bonds is 8. The van der Waals surface area contributed by atoms with Gasteiger partial charge in [-0.3, -0.25) is 9.36 Å². The maximum atomic E-state index is 12.7. The molecule has 2 aromatic heterocycles. The van der Waals surface area contributed by atoms with Gasteiger partial charge in [0.15, 0.2) is 11.2 Å². The second-order valence-corrected chi connectivity index (χ2v) is 6.80. The molecule has 0 bridgehead atoms. The topological polar surface area (TPSA) is 96.0 Å². The molecule has 1 unspecified atom stereocenters. The summed E-state index contributed by atoms with van der Waals surface area (Å²) in [5, 5.41) is 6.02. The molecule has 1 aromatic carbocycles. The molecule has 1 aliphatic heterocycles. The quantitative estimate of drug-likeness (QED) is 0.531. The van der Waals surface area contributed by atoms with Crippen LogP contribution in [0.15, 0.2) is 46.8 Å². The Kier molecular flexibility index (Phi) is 5.80. The zero-order chi connectivity index (χ0) is 22.0. The maximum Gasteiger partial charge on any atom is 0.387 e. The lowest BCUT2D eigenvalue weighted by Gasteiger charge is -2.20. The second kappa shape index (κ2) is 8.68. The first-order chi connectivity index (χ1) is 14.9. The molecule has 0 spiro atoms. The summed E-state index contributed by atoms with van der Waals surface area (Å²) >= 11 is 0. The molecular weight excluding hydrogens is 414 g/mol. The Morgan fingerprint density at radius 1 is 1.19 bits per heavy atom. The molecule has 31 heavy (non-hydrogen) atoms. The minimum Gasteiger partial charge on any atom is -0.435 e. The molecule has 1 atom stereocenters. The summed E-state index contributed by atoms with van der Waals surface area (Å²) in [5.74, 6) is 0.403. The molecule has 0 radical (unpaired) electrons. The van der Waals surface area contributed by atoms with Crippen LogP contribution in [-0.4, -0.2) is 56.7 Å². The van der Waals surface area contributed by atoms with E-state index in [1.165, 1.54) is 36.5 Å². The van der Waals surface area contributed by atoms with Gasteiger partial charge in [0.05, 0.1) is 6.33 Å². The number of aromatic nitrogens is 4. The molecule has 10 nitrogen and oxygen atoms in total. The van der Waals surface area contributed by atoms with Crippen LogP contribution in [0.1, 0.15) is 5.56 Å². The standard InChI is InChI=1S/C19H20F2N6O4/c1-25-10-22-16-15(25)17(28)26(11-23-16)9-14-24-27(19(29-2)31-14)8-7-12-3-5-13(6-4-12)30-18(20)21/h3-6,10-11,18-19H,7-9H2,1-2H3. The van der Waals surface area contributed by atoms with Gasteiger partial charge in [-0.15, -0.1) is 5.10 Å². The third-order valence-corrected chi connectivity index (χ3v) is 4.71. The van der Waals surface area contributed by atoms with Gasteiger partial charge in [-0.2, -0.15) is 8.78 Å². The predicted molar refractivity (Wildman–Crippen MR) is 106 cm³/mol. The lowest BCUT2D eigenvalue weighted by atomic mass is 10.1. The first kappa shape index (κ1) is 20.7. The van der Waals surface area contributed by atoms with Gasteiger partial charge in [0.2, 0.25) is 5.90 Å². The molecule has 0 aliphatic carbocycles. The summed E-state index contributed by atoms with van der Waals surface area (Å²) in [6.07, 6.45) is 2.76. The van der Waals surface area contributed by atoms with Gasteiger partial charge in [-0.25, -0.2) is 15.0 Å². The highest BCUT2D eigenvalue weighted by Crippen LogP contribution is 2.18. The van der Waals surface area contributed by atoms with E-state index >= 15 is 0 Å². The van der Waals surface area contributed by atoms with Gasteiger partial charge in [0.1, 0.15) is 18.6 Å². The third-order valence-electron chi connectivity index (χ3n) is 4.71. The van der Waals surface area contributed by atoms with E-state index in [9.17, 15) is 13.6 Å². The van der Waals surface area contributed by atoms with E-state index in [4.69, 9.17) is 9.47 Å². The van der Waals surface area contributed by atoms with Gasteiger partial charge >= 0.3 is 6.61 Å². The number of benzene rings is 1. The van der Waals surface area contributed by atoms with Crippen molar-refractivity contribution in [3.63, 3.8) is 0 Å². The van der Waals surface area contributed by atoms with Crippen LogP contribution in [0.4, 0.5) is 8.78 Å². The number of hydrogen-bond donors (Lipinski definition) is 0. The fourth-order valence-electron chi connectivity index (χ4n) is 3.20. The largest absolute Gasteiger partial charge is 0.435 e. The number of nitrogens with zero attached hydrogens (tertiary/aromatic N) is 6. The van der Waals surface area contributed by atoms with Crippen LogP contribution < -0.4 is 10.3 Å². The van der Waals surface area contributed by atoms with Crippen LogP contribution in [0.2, 0.25) is 0 Å². The monoisotopic (exact) mass is 434 g/mol. The van der Waals surface area contributed by atoms with Gasteiger partial charge in [-0.1, -0.05) is 12.1 Å². The number of alkyl halides is 2. The number of imidazole rings is 1. The second-order valence-electron chi connectivity index (χ2n) is 6.80. The fourth-order valence-corrected chi connectivity index (χ4v) is 3.20. The molecule has 12 heteroatoms. The van der Waals surface area contributed by atoms with E-state index < -0.39 is 13.0 Å². The number of hydrogen-bond acceptors (Lipinski definition) is 8. The smallest absolute Gasteiger partial charge is 0.387 e. The van der Waals surface area contributed by atoms with Crippen molar-refractivity contribution in [3.8, 4) is 5.75 Å². The Morgan fingerprint density at radius 2 is 1.94 bits per heavy atom. The Balaban J connectivity index is 1.43. The van der Waals surface area contributed by atoms with Gasteiger partial charge in [-0.05, 0) is 24.1 Å². The highest BCUT2D eigenvalue weighted by Gasteiger charge is 2.28. The number of hydrazone groups is 1. The van der Waals surface area contributed by atoms with E-state index in [-0.39, 0.29) is 17.9 Å². The minimum absolute atomic E-state index is 0.0863. The number of halogens is 2. The highest BCUT2D eigenvalue weighted by atomic mass is 19.3.